The van der Waals surface area contributed by atoms with Crippen molar-refractivity contribution in [1.82, 2.24) is 10.6 Å². The number of nitrogens with one attached hydrogen (secondary N) is 2. The van der Waals surface area contributed by atoms with Crippen molar-refractivity contribution in [2.24, 2.45) is 0 Å². The monoisotopic (exact) mass is 352 g/mol. The third-order valence-corrected chi connectivity index (χ3v) is 4.08. The van der Waals surface area contributed by atoms with Gasteiger partial charge in [0.15, 0.2) is 11.5 Å². The van der Waals surface area contributed by atoms with Crippen LogP contribution in [0.4, 0.5) is 0 Å². The van der Waals surface area contributed by atoms with E-state index in [1.165, 1.54) is 5.57 Å². The van der Waals surface area contributed by atoms with Crippen LogP contribution < -0.4 is 20.1 Å². The summed E-state index contributed by atoms with van der Waals surface area (Å²) in [5.41, 5.74) is 1.83. The minimum atomic E-state index is -0.105. The smallest absolute Gasteiger partial charge is 0.251 e. The summed E-state index contributed by atoms with van der Waals surface area (Å²) in [6, 6.07) is 3.49. The second-order valence-electron chi connectivity index (χ2n) is 4.98. The van der Waals surface area contributed by atoms with Crippen molar-refractivity contribution in [2.75, 3.05) is 32.8 Å². The lowest BCUT2D eigenvalue weighted by molar-refractivity contribution is 0.0955. The van der Waals surface area contributed by atoms with E-state index in [1.807, 2.05) is 0 Å². The average molecular weight is 353 g/mol. The summed E-state index contributed by atoms with van der Waals surface area (Å²) < 4.78 is 11.8. The molecule has 1 aromatic carbocycles. The summed E-state index contributed by atoms with van der Waals surface area (Å²) in [6.45, 7) is 3.47. The molecule has 1 amide bonds. The zero-order valence-electron chi connectivity index (χ0n) is 11.6. The Morgan fingerprint density at radius 3 is 3.00 bits per heavy atom. The van der Waals surface area contributed by atoms with E-state index < -0.39 is 0 Å². The molecule has 0 fully saturated rings. The van der Waals surface area contributed by atoms with Gasteiger partial charge in [0.25, 0.3) is 5.91 Å². The predicted octanol–water partition coefficient (Wildman–Crippen LogP) is 1.87. The lowest BCUT2D eigenvalue weighted by Crippen LogP contribution is -2.29. The highest BCUT2D eigenvalue weighted by Gasteiger charge is 2.19. The number of ether oxygens (including phenoxy) is 2. The molecule has 0 radical (unpaired) electrons. The van der Waals surface area contributed by atoms with Gasteiger partial charge in [-0.1, -0.05) is 11.6 Å². The van der Waals surface area contributed by atoms with Gasteiger partial charge < -0.3 is 20.1 Å². The van der Waals surface area contributed by atoms with Gasteiger partial charge in [0.1, 0.15) is 13.2 Å². The summed E-state index contributed by atoms with van der Waals surface area (Å²) in [6.07, 6.45) is 3.11. The van der Waals surface area contributed by atoms with Crippen LogP contribution >= 0.6 is 15.9 Å². The predicted molar refractivity (Wildman–Crippen MR) is 83.0 cm³/mol. The van der Waals surface area contributed by atoms with Crippen molar-refractivity contribution in [1.29, 1.82) is 0 Å². The second kappa shape index (κ2) is 6.49. The van der Waals surface area contributed by atoms with Crippen molar-refractivity contribution in [3.63, 3.8) is 0 Å². The number of amides is 1. The van der Waals surface area contributed by atoms with Crippen LogP contribution in [-0.2, 0) is 0 Å². The number of carbonyl (C=O) groups is 1. The van der Waals surface area contributed by atoms with Gasteiger partial charge in [-0.25, -0.2) is 0 Å². The molecule has 0 aromatic heterocycles. The third-order valence-electron chi connectivity index (χ3n) is 3.49. The van der Waals surface area contributed by atoms with Crippen LogP contribution in [0, 0.1) is 0 Å². The highest BCUT2D eigenvalue weighted by Crippen LogP contribution is 2.38. The van der Waals surface area contributed by atoms with Crippen molar-refractivity contribution in [3.05, 3.63) is 33.8 Å². The van der Waals surface area contributed by atoms with Gasteiger partial charge in [0.2, 0.25) is 0 Å². The van der Waals surface area contributed by atoms with Crippen LogP contribution in [0.15, 0.2) is 28.3 Å². The molecule has 0 bridgehead atoms. The summed E-state index contributed by atoms with van der Waals surface area (Å²) in [7, 11) is 0. The van der Waals surface area contributed by atoms with Gasteiger partial charge in [-0.05, 0) is 41.0 Å². The molecule has 0 saturated carbocycles. The van der Waals surface area contributed by atoms with Crippen LogP contribution in [0.25, 0.3) is 0 Å². The lowest BCUT2D eigenvalue weighted by atomic mass is 10.1. The Morgan fingerprint density at radius 1 is 1.33 bits per heavy atom. The molecule has 112 valence electrons. The zero-order valence-corrected chi connectivity index (χ0v) is 13.2. The molecule has 0 spiro atoms. The SMILES string of the molecule is O=C(NCC1=CCNCC1)c1cc(Br)c2c(c1)OCCO2. The van der Waals surface area contributed by atoms with E-state index in [2.05, 4.69) is 32.6 Å². The first kappa shape index (κ1) is 14.4. The number of carbonyl (C=O) groups excluding carboxylic acids is 1. The van der Waals surface area contributed by atoms with E-state index >= 15 is 0 Å². The van der Waals surface area contributed by atoms with Crippen molar-refractivity contribution in [3.8, 4) is 11.5 Å². The fourth-order valence-electron chi connectivity index (χ4n) is 2.37. The van der Waals surface area contributed by atoms with E-state index in [4.69, 9.17) is 9.47 Å². The number of rotatable bonds is 3. The highest BCUT2D eigenvalue weighted by molar-refractivity contribution is 9.10. The Balaban J connectivity index is 1.69. The van der Waals surface area contributed by atoms with E-state index in [-0.39, 0.29) is 5.91 Å². The fourth-order valence-corrected chi connectivity index (χ4v) is 2.92. The third kappa shape index (κ3) is 3.39. The maximum Gasteiger partial charge on any atom is 0.251 e. The largest absolute Gasteiger partial charge is 0.486 e. The first-order chi connectivity index (χ1) is 10.2. The molecule has 0 saturated heterocycles. The van der Waals surface area contributed by atoms with Crippen molar-refractivity contribution in [2.45, 2.75) is 6.42 Å². The van der Waals surface area contributed by atoms with Gasteiger partial charge in [0.05, 0.1) is 4.47 Å². The Kier molecular flexibility index (Phi) is 4.45. The first-order valence-electron chi connectivity index (χ1n) is 7.00. The molecule has 0 atom stereocenters. The highest BCUT2D eigenvalue weighted by atomic mass is 79.9. The minimum Gasteiger partial charge on any atom is -0.486 e. The van der Waals surface area contributed by atoms with Crippen molar-refractivity contribution < 1.29 is 14.3 Å². The van der Waals surface area contributed by atoms with E-state index in [0.29, 0.717) is 36.8 Å². The minimum absolute atomic E-state index is 0.105. The Hall–Kier alpha value is -1.53. The molecule has 5 nitrogen and oxygen atoms in total. The Morgan fingerprint density at radius 2 is 2.19 bits per heavy atom. The Bertz CT molecular complexity index is 587. The van der Waals surface area contributed by atoms with Crippen LogP contribution in [0.5, 0.6) is 11.5 Å². The normalized spacial score (nSPS) is 17.1. The molecule has 2 heterocycles. The van der Waals surface area contributed by atoms with Crippen LogP contribution in [0.3, 0.4) is 0 Å². The summed E-state index contributed by atoms with van der Waals surface area (Å²) in [5.74, 6) is 1.17. The second-order valence-corrected chi connectivity index (χ2v) is 5.84. The van der Waals surface area contributed by atoms with Crippen LogP contribution in [0.1, 0.15) is 16.8 Å². The number of benzene rings is 1. The van der Waals surface area contributed by atoms with E-state index in [9.17, 15) is 4.79 Å². The summed E-state index contributed by atoms with van der Waals surface area (Å²) in [4.78, 5) is 12.3. The zero-order chi connectivity index (χ0) is 14.7. The first-order valence-corrected chi connectivity index (χ1v) is 7.79. The quantitative estimate of drug-likeness (QED) is 0.815. The molecule has 21 heavy (non-hydrogen) atoms. The molecular formula is C15H17BrN2O3. The van der Waals surface area contributed by atoms with E-state index in [1.54, 1.807) is 12.1 Å². The molecule has 2 aliphatic rings. The average Bonchev–Trinajstić information content (AvgIpc) is 2.53. The number of hydrogen-bond acceptors (Lipinski definition) is 4. The molecule has 0 aliphatic carbocycles. The number of fused-ring (bicyclic) bond motifs is 1. The molecule has 1 aromatic rings. The fraction of sp³-hybridized carbons (Fsp3) is 0.400. The van der Waals surface area contributed by atoms with Crippen molar-refractivity contribution >= 4 is 21.8 Å². The van der Waals surface area contributed by atoms with Gasteiger partial charge in [0, 0.05) is 18.7 Å². The maximum atomic E-state index is 12.3. The molecule has 3 rings (SSSR count). The standard InChI is InChI=1S/C15H17BrN2O3/c16-12-7-11(8-13-14(12)21-6-5-20-13)15(19)18-9-10-1-3-17-4-2-10/h1,7-8,17H,2-6,9H2,(H,18,19). The van der Waals surface area contributed by atoms with Gasteiger partial charge in [-0.2, -0.15) is 0 Å². The molecule has 6 heteroatoms. The maximum absolute atomic E-state index is 12.3. The summed E-state index contributed by atoms with van der Waals surface area (Å²) in [5, 5.41) is 6.20. The van der Waals surface area contributed by atoms with Crippen LogP contribution in [0.2, 0.25) is 0 Å². The Labute approximate surface area is 131 Å². The molecule has 2 N–H and O–H groups in total. The van der Waals surface area contributed by atoms with E-state index in [0.717, 1.165) is 24.0 Å². The number of hydrogen-bond donors (Lipinski definition) is 2. The molecular weight excluding hydrogens is 336 g/mol. The van der Waals surface area contributed by atoms with Crippen LogP contribution in [-0.4, -0.2) is 38.8 Å². The molecule has 0 unspecified atom stereocenters. The lowest BCUT2D eigenvalue weighted by Gasteiger charge is -2.20. The van der Waals surface area contributed by atoms with Gasteiger partial charge in [-0.3, -0.25) is 4.79 Å². The topological polar surface area (TPSA) is 59.6 Å². The number of halogens is 1. The summed E-state index contributed by atoms with van der Waals surface area (Å²) >= 11 is 3.42. The molecule has 2 aliphatic heterocycles. The van der Waals surface area contributed by atoms with Gasteiger partial charge >= 0.3 is 0 Å². The van der Waals surface area contributed by atoms with Gasteiger partial charge in [-0.15, -0.1) is 0 Å².